The molecule has 3 rings (SSSR count). The number of hydrogen-bond donors (Lipinski definition) is 1. The lowest BCUT2D eigenvalue weighted by molar-refractivity contribution is 0.188. The summed E-state index contributed by atoms with van der Waals surface area (Å²) < 4.78 is 6.09. The van der Waals surface area contributed by atoms with Crippen molar-refractivity contribution >= 4 is 13.7 Å². The molecule has 31 heavy (non-hydrogen) atoms. The van der Waals surface area contributed by atoms with Crippen molar-refractivity contribution in [1.29, 1.82) is 10.5 Å². The van der Waals surface area contributed by atoms with Gasteiger partial charge in [-0.15, -0.1) is 0 Å². The highest BCUT2D eigenvalue weighted by Gasteiger charge is 2.19. The topological polar surface area (TPSA) is 93.2 Å². The molecule has 7 heteroatoms. The molecule has 154 valence electrons. The van der Waals surface area contributed by atoms with Gasteiger partial charge in [0.15, 0.2) is 0 Å². The van der Waals surface area contributed by atoms with Gasteiger partial charge in [0.2, 0.25) is 7.98 Å². The Kier molecular flexibility index (Phi) is 6.92. The fourth-order valence-electron chi connectivity index (χ4n) is 3.43. The summed E-state index contributed by atoms with van der Waals surface area (Å²) in [6.07, 6.45) is 1.02. The van der Waals surface area contributed by atoms with E-state index >= 15 is 0 Å². The van der Waals surface area contributed by atoms with E-state index in [1.54, 1.807) is 37.4 Å². The van der Waals surface area contributed by atoms with Crippen LogP contribution in [0.25, 0.3) is 0 Å². The molecule has 0 aliphatic carbocycles. The molecule has 2 aromatic carbocycles. The van der Waals surface area contributed by atoms with E-state index in [1.165, 1.54) is 0 Å². The fourth-order valence-corrected chi connectivity index (χ4v) is 3.43. The second-order valence-corrected chi connectivity index (χ2v) is 7.40. The largest absolute Gasteiger partial charge is 0.487 e. The van der Waals surface area contributed by atoms with Gasteiger partial charge in [-0.25, -0.2) is 0 Å². The predicted molar refractivity (Wildman–Crippen MR) is 121 cm³/mol. The SMILES string of the molecule is BN(Cc1cnc(C)c(OCc2cccc(C#N)c2)c1C(C)O)c1ccc(C#N)cc1. The minimum Gasteiger partial charge on any atom is -0.487 e. The van der Waals surface area contributed by atoms with Crippen LogP contribution in [0, 0.1) is 29.6 Å². The molecule has 6 nitrogen and oxygen atoms in total. The molecular weight excluding hydrogens is 387 g/mol. The van der Waals surface area contributed by atoms with E-state index in [9.17, 15) is 5.11 Å². The summed E-state index contributed by atoms with van der Waals surface area (Å²) in [5, 5.41) is 28.6. The number of hydrogen-bond acceptors (Lipinski definition) is 6. The highest BCUT2D eigenvalue weighted by atomic mass is 16.5. The van der Waals surface area contributed by atoms with Crippen molar-refractivity contribution in [3.05, 3.63) is 88.2 Å². The Labute approximate surface area is 183 Å². The number of aryl methyl sites for hydroxylation is 1. The molecule has 0 saturated heterocycles. The standard InChI is InChI=1S/C24H23BN4O2/c1-16-24(31-15-20-5-3-4-19(10-20)12-27)23(17(2)30)21(13-28-16)14-29(25)22-8-6-18(11-26)7-9-22/h3-10,13,17,30H,14-15,25H2,1-2H3. The maximum Gasteiger partial charge on any atom is 0.217 e. The molecule has 3 aromatic rings. The lowest BCUT2D eigenvalue weighted by Crippen LogP contribution is -2.20. The first kappa shape index (κ1) is 21.9. The minimum atomic E-state index is -0.744. The van der Waals surface area contributed by atoms with Crippen LogP contribution in [-0.2, 0) is 13.2 Å². The number of pyridine rings is 1. The van der Waals surface area contributed by atoms with Crippen LogP contribution in [-0.4, -0.2) is 18.1 Å². The first-order chi connectivity index (χ1) is 14.9. The zero-order valence-electron chi connectivity index (χ0n) is 17.8. The van der Waals surface area contributed by atoms with E-state index in [0.29, 0.717) is 34.7 Å². The average molecular weight is 410 g/mol. The van der Waals surface area contributed by atoms with Crippen LogP contribution in [0.3, 0.4) is 0 Å². The Balaban J connectivity index is 1.87. The van der Waals surface area contributed by atoms with Crippen LogP contribution in [0.1, 0.15) is 46.5 Å². The molecule has 0 spiro atoms. The molecular formula is C24H23BN4O2. The van der Waals surface area contributed by atoms with E-state index < -0.39 is 6.10 Å². The Morgan fingerprint density at radius 1 is 1.13 bits per heavy atom. The number of benzene rings is 2. The Morgan fingerprint density at radius 3 is 2.48 bits per heavy atom. The Bertz CT molecular complexity index is 1150. The number of rotatable bonds is 7. The third kappa shape index (κ3) is 5.22. The molecule has 0 bridgehead atoms. The molecule has 0 saturated carbocycles. The number of ether oxygens (including phenoxy) is 1. The Morgan fingerprint density at radius 2 is 1.84 bits per heavy atom. The average Bonchev–Trinajstić information content (AvgIpc) is 2.79. The first-order valence-corrected chi connectivity index (χ1v) is 9.92. The van der Waals surface area contributed by atoms with E-state index in [4.69, 9.17) is 15.3 Å². The highest BCUT2D eigenvalue weighted by Crippen LogP contribution is 2.33. The highest BCUT2D eigenvalue weighted by molar-refractivity contribution is 6.17. The molecule has 1 aromatic heterocycles. The van der Waals surface area contributed by atoms with Gasteiger partial charge in [-0.3, -0.25) is 4.98 Å². The minimum absolute atomic E-state index is 0.271. The van der Waals surface area contributed by atoms with Crippen LogP contribution in [0.2, 0.25) is 0 Å². The van der Waals surface area contributed by atoms with Crippen LogP contribution < -0.4 is 9.55 Å². The number of aliphatic hydroxyl groups excluding tert-OH is 1. The molecule has 0 aliphatic heterocycles. The van der Waals surface area contributed by atoms with E-state index in [2.05, 4.69) is 17.1 Å². The summed E-state index contributed by atoms with van der Waals surface area (Å²) in [6.45, 7) is 4.34. The third-order valence-electron chi connectivity index (χ3n) is 5.03. The molecule has 0 aliphatic rings. The number of aromatic nitrogens is 1. The van der Waals surface area contributed by atoms with Crippen LogP contribution in [0.4, 0.5) is 5.69 Å². The van der Waals surface area contributed by atoms with Crippen LogP contribution in [0.5, 0.6) is 5.75 Å². The monoisotopic (exact) mass is 410 g/mol. The summed E-state index contributed by atoms with van der Waals surface area (Å²) in [4.78, 5) is 6.51. The van der Waals surface area contributed by atoms with E-state index in [1.807, 2.05) is 44.0 Å². The maximum absolute atomic E-state index is 10.5. The molecule has 1 atom stereocenters. The first-order valence-electron chi connectivity index (χ1n) is 9.92. The van der Waals surface area contributed by atoms with Crippen molar-refractivity contribution in [2.45, 2.75) is 33.1 Å². The van der Waals surface area contributed by atoms with Crippen molar-refractivity contribution in [2.24, 2.45) is 0 Å². The van der Waals surface area contributed by atoms with Gasteiger partial charge in [-0.2, -0.15) is 10.5 Å². The summed E-state index contributed by atoms with van der Waals surface area (Å²) in [7, 11) is 1.95. The summed E-state index contributed by atoms with van der Waals surface area (Å²) in [5.41, 5.74) is 5.25. The van der Waals surface area contributed by atoms with Crippen molar-refractivity contribution in [1.82, 2.24) is 4.98 Å². The summed E-state index contributed by atoms with van der Waals surface area (Å²) in [5.74, 6) is 0.558. The predicted octanol–water partition coefficient (Wildman–Crippen LogP) is 3.32. The smallest absolute Gasteiger partial charge is 0.217 e. The molecule has 0 radical (unpaired) electrons. The maximum atomic E-state index is 10.5. The molecule has 1 N–H and O–H groups in total. The molecule has 1 heterocycles. The fraction of sp³-hybridized carbons (Fsp3) is 0.208. The van der Waals surface area contributed by atoms with E-state index in [0.717, 1.165) is 16.8 Å². The second-order valence-electron chi connectivity index (χ2n) is 7.40. The molecule has 0 amide bonds. The normalized spacial score (nSPS) is 11.3. The summed E-state index contributed by atoms with van der Waals surface area (Å²) in [6, 6.07) is 18.8. The zero-order chi connectivity index (χ0) is 22.4. The van der Waals surface area contributed by atoms with Gasteiger partial charge in [0.05, 0.1) is 35.1 Å². The molecule has 0 fully saturated rings. The van der Waals surface area contributed by atoms with Gasteiger partial charge < -0.3 is 14.7 Å². The van der Waals surface area contributed by atoms with Gasteiger partial charge in [0, 0.05) is 24.0 Å². The Hall–Kier alpha value is -3.81. The van der Waals surface area contributed by atoms with Gasteiger partial charge in [-0.05, 0) is 61.4 Å². The number of aliphatic hydroxyl groups is 1. The van der Waals surface area contributed by atoms with Crippen LogP contribution >= 0.6 is 0 Å². The van der Waals surface area contributed by atoms with Gasteiger partial charge in [-0.1, -0.05) is 12.1 Å². The van der Waals surface area contributed by atoms with Crippen molar-refractivity contribution in [3.8, 4) is 17.9 Å². The van der Waals surface area contributed by atoms with Gasteiger partial charge in [0.25, 0.3) is 0 Å². The van der Waals surface area contributed by atoms with E-state index in [-0.39, 0.29) is 6.61 Å². The number of nitrogens with zero attached hydrogens (tertiary/aromatic N) is 4. The second kappa shape index (κ2) is 9.80. The zero-order valence-corrected chi connectivity index (χ0v) is 17.8. The lowest BCUT2D eigenvalue weighted by atomic mass is 10.0. The third-order valence-corrected chi connectivity index (χ3v) is 5.03. The molecule has 1 unspecified atom stereocenters. The van der Waals surface area contributed by atoms with Crippen LogP contribution in [0.15, 0.2) is 54.7 Å². The quantitative estimate of drug-likeness (QED) is 0.601. The van der Waals surface area contributed by atoms with Crippen molar-refractivity contribution in [3.63, 3.8) is 0 Å². The summed E-state index contributed by atoms with van der Waals surface area (Å²) >= 11 is 0. The van der Waals surface area contributed by atoms with Gasteiger partial charge in [0.1, 0.15) is 12.4 Å². The van der Waals surface area contributed by atoms with Gasteiger partial charge >= 0.3 is 0 Å². The number of nitriles is 2. The number of anilines is 1. The van der Waals surface area contributed by atoms with Crippen molar-refractivity contribution < 1.29 is 9.84 Å². The van der Waals surface area contributed by atoms with Crippen molar-refractivity contribution in [2.75, 3.05) is 4.81 Å². The lowest BCUT2D eigenvalue weighted by Gasteiger charge is -2.24.